The van der Waals surface area contributed by atoms with Crippen LogP contribution in [0.25, 0.3) is 0 Å². The van der Waals surface area contributed by atoms with Crippen molar-refractivity contribution in [3.8, 4) is 0 Å². The quantitative estimate of drug-likeness (QED) is 0.747. The van der Waals surface area contributed by atoms with Crippen molar-refractivity contribution in [1.29, 1.82) is 0 Å². The van der Waals surface area contributed by atoms with Crippen LogP contribution in [0.2, 0.25) is 10.0 Å². The zero-order valence-electron chi connectivity index (χ0n) is 15.1. The van der Waals surface area contributed by atoms with E-state index in [-0.39, 0.29) is 12.1 Å². The van der Waals surface area contributed by atoms with Crippen LogP contribution < -0.4 is 5.32 Å². The molecular weight excluding hydrogens is 371 g/mol. The second-order valence-corrected chi connectivity index (χ2v) is 7.96. The SMILES string of the molecule is CC(C)NC(=O)N(Cc1nccn1Cc1ccc(Cl)c(Cl)c1)CC1CC1. The van der Waals surface area contributed by atoms with Crippen LogP contribution in [-0.2, 0) is 13.1 Å². The number of amides is 2. The first-order chi connectivity index (χ1) is 12.4. The second kappa shape index (κ2) is 8.31. The molecular formula is C19H24Cl2N4O. The number of imidazole rings is 1. The highest BCUT2D eigenvalue weighted by Gasteiger charge is 2.27. The number of halogens is 2. The van der Waals surface area contributed by atoms with Crippen molar-refractivity contribution in [3.63, 3.8) is 0 Å². The molecule has 0 aliphatic heterocycles. The molecule has 1 aliphatic rings. The molecule has 1 aliphatic carbocycles. The average Bonchev–Trinajstić information content (AvgIpc) is 3.29. The number of benzene rings is 1. The fraction of sp³-hybridized carbons (Fsp3) is 0.474. The Bertz CT molecular complexity index is 771. The van der Waals surface area contributed by atoms with Crippen LogP contribution in [0.1, 0.15) is 38.1 Å². The minimum atomic E-state index is -0.0315. The number of nitrogens with one attached hydrogen (secondary N) is 1. The van der Waals surface area contributed by atoms with Gasteiger partial charge in [-0.3, -0.25) is 0 Å². The summed E-state index contributed by atoms with van der Waals surface area (Å²) in [5.41, 5.74) is 1.04. The van der Waals surface area contributed by atoms with Gasteiger partial charge in [0.25, 0.3) is 0 Å². The van der Waals surface area contributed by atoms with Crippen molar-refractivity contribution in [1.82, 2.24) is 19.8 Å². The third kappa shape index (κ3) is 5.15. The lowest BCUT2D eigenvalue weighted by Gasteiger charge is -2.24. The normalized spacial score (nSPS) is 13.9. The van der Waals surface area contributed by atoms with Crippen LogP contribution in [0, 0.1) is 5.92 Å². The lowest BCUT2D eigenvalue weighted by atomic mass is 10.2. The van der Waals surface area contributed by atoms with Gasteiger partial charge in [-0.15, -0.1) is 0 Å². The standard InChI is InChI=1S/C19H24Cl2N4O/c1-13(2)23-19(26)25(10-14-3-4-14)12-18-22-7-8-24(18)11-15-5-6-16(20)17(21)9-15/h5-9,13-14H,3-4,10-12H2,1-2H3,(H,23,26). The zero-order valence-corrected chi connectivity index (χ0v) is 16.6. The highest BCUT2D eigenvalue weighted by atomic mass is 35.5. The summed E-state index contributed by atoms with van der Waals surface area (Å²) in [6.45, 7) is 5.84. The topological polar surface area (TPSA) is 50.2 Å². The summed E-state index contributed by atoms with van der Waals surface area (Å²) in [6.07, 6.45) is 6.09. The summed E-state index contributed by atoms with van der Waals surface area (Å²) in [6, 6.07) is 5.69. The van der Waals surface area contributed by atoms with Gasteiger partial charge in [-0.1, -0.05) is 29.3 Å². The van der Waals surface area contributed by atoms with Crippen molar-refractivity contribution in [2.24, 2.45) is 5.92 Å². The molecule has 0 bridgehead atoms. The van der Waals surface area contributed by atoms with Gasteiger partial charge in [0.15, 0.2) is 0 Å². The van der Waals surface area contributed by atoms with E-state index in [4.69, 9.17) is 23.2 Å². The Kier molecular flexibility index (Phi) is 6.09. The molecule has 1 N–H and O–H groups in total. The maximum absolute atomic E-state index is 12.5. The number of hydrogen-bond acceptors (Lipinski definition) is 2. The van der Waals surface area contributed by atoms with E-state index in [9.17, 15) is 4.79 Å². The molecule has 5 nitrogen and oxygen atoms in total. The fourth-order valence-corrected chi connectivity index (χ4v) is 3.13. The van der Waals surface area contributed by atoms with Crippen LogP contribution in [0.3, 0.4) is 0 Å². The monoisotopic (exact) mass is 394 g/mol. The maximum Gasteiger partial charge on any atom is 0.318 e. The van der Waals surface area contributed by atoms with Gasteiger partial charge in [0.1, 0.15) is 5.82 Å². The first-order valence-electron chi connectivity index (χ1n) is 8.91. The van der Waals surface area contributed by atoms with Crippen molar-refractivity contribution in [3.05, 3.63) is 52.0 Å². The number of urea groups is 1. The molecule has 1 heterocycles. The molecule has 140 valence electrons. The third-order valence-electron chi connectivity index (χ3n) is 4.35. The lowest BCUT2D eigenvalue weighted by Crippen LogP contribution is -2.43. The summed E-state index contributed by atoms with van der Waals surface area (Å²) in [5, 5.41) is 4.07. The molecule has 0 radical (unpaired) electrons. The van der Waals surface area contributed by atoms with E-state index < -0.39 is 0 Å². The Morgan fingerprint density at radius 1 is 1.35 bits per heavy atom. The Hall–Kier alpha value is -1.72. The first kappa shape index (κ1) is 19.1. The van der Waals surface area contributed by atoms with E-state index in [2.05, 4.69) is 10.3 Å². The number of carbonyl (C=O) groups is 1. The molecule has 26 heavy (non-hydrogen) atoms. The van der Waals surface area contributed by atoms with Crippen molar-refractivity contribution in [2.75, 3.05) is 6.54 Å². The highest BCUT2D eigenvalue weighted by Crippen LogP contribution is 2.30. The number of rotatable bonds is 7. The van der Waals surface area contributed by atoms with Crippen molar-refractivity contribution < 1.29 is 4.79 Å². The van der Waals surface area contributed by atoms with Gasteiger partial charge < -0.3 is 14.8 Å². The number of aromatic nitrogens is 2. The van der Waals surface area contributed by atoms with E-state index in [0.717, 1.165) is 17.9 Å². The Morgan fingerprint density at radius 2 is 2.12 bits per heavy atom. The molecule has 2 amide bonds. The van der Waals surface area contributed by atoms with E-state index in [1.54, 1.807) is 12.3 Å². The summed E-state index contributed by atoms with van der Waals surface area (Å²) in [7, 11) is 0. The molecule has 1 aromatic heterocycles. The lowest BCUT2D eigenvalue weighted by molar-refractivity contribution is 0.187. The highest BCUT2D eigenvalue weighted by molar-refractivity contribution is 6.42. The van der Waals surface area contributed by atoms with Crippen molar-refractivity contribution in [2.45, 2.75) is 45.8 Å². The minimum Gasteiger partial charge on any atom is -0.336 e. The van der Waals surface area contributed by atoms with Gasteiger partial charge in [-0.2, -0.15) is 0 Å². The maximum atomic E-state index is 12.5. The van der Waals surface area contributed by atoms with E-state index in [1.165, 1.54) is 12.8 Å². The number of nitrogens with zero attached hydrogens (tertiary/aromatic N) is 3. The molecule has 0 spiro atoms. The number of carbonyl (C=O) groups excluding carboxylic acids is 1. The van der Waals surface area contributed by atoms with E-state index >= 15 is 0 Å². The summed E-state index contributed by atoms with van der Waals surface area (Å²) >= 11 is 12.1. The van der Waals surface area contributed by atoms with Crippen LogP contribution in [0.15, 0.2) is 30.6 Å². The van der Waals surface area contributed by atoms with Crippen LogP contribution in [0.5, 0.6) is 0 Å². The second-order valence-electron chi connectivity index (χ2n) is 7.15. The van der Waals surface area contributed by atoms with Gasteiger partial charge in [-0.25, -0.2) is 9.78 Å². The smallest absolute Gasteiger partial charge is 0.318 e. The van der Waals surface area contributed by atoms with E-state index in [1.807, 2.05) is 41.6 Å². The summed E-state index contributed by atoms with van der Waals surface area (Å²) in [4.78, 5) is 18.9. The Balaban J connectivity index is 1.72. The molecule has 0 atom stereocenters. The van der Waals surface area contributed by atoms with Crippen LogP contribution >= 0.6 is 23.2 Å². The minimum absolute atomic E-state index is 0.0315. The average molecular weight is 395 g/mol. The van der Waals surface area contributed by atoms with Gasteiger partial charge in [0.2, 0.25) is 0 Å². The Labute approximate surface area is 164 Å². The van der Waals surface area contributed by atoms with Gasteiger partial charge >= 0.3 is 6.03 Å². The molecule has 1 fully saturated rings. The van der Waals surface area contributed by atoms with Gasteiger partial charge in [-0.05, 0) is 50.3 Å². The molecule has 0 unspecified atom stereocenters. The largest absolute Gasteiger partial charge is 0.336 e. The van der Waals surface area contributed by atoms with Crippen LogP contribution in [-0.4, -0.2) is 33.1 Å². The molecule has 3 rings (SSSR count). The molecule has 1 aromatic carbocycles. The molecule has 2 aromatic rings. The molecule has 0 saturated heterocycles. The zero-order chi connectivity index (χ0) is 18.7. The van der Waals surface area contributed by atoms with Gasteiger partial charge in [0.05, 0.1) is 16.6 Å². The fourth-order valence-electron chi connectivity index (χ4n) is 2.81. The van der Waals surface area contributed by atoms with Crippen molar-refractivity contribution >= 4 is 29.2 Å². The predicted molar refractivity (Wildman–Crippen MR) is 105 cm³/mol. The molecule has 1 saturated carbocycles. The summed E-state index contributed by atoms with van der Waals surface area (Å²) in [5.74, 6) is 1.47. The first-order valence-corrected chi connectivity index (χ1v) is 9.67. The van der Waals surface area contributed by atoms with Crippen LogP contribution in [0.4, 0.5) is 4.79 Å². The Morgan fingerprint density at radius 3 is 2.77 bits per heavy atom. The van der Waals surface area contributed by atoms with Gasteiger partial charge in [0, 0.05) is 31.5 Å². The van der Waals surface area contributed by atoms with E-state index in [0.29, 0.717) is 29.1 Å². The third-order valence-corrected chi connectivity index (χ3v) is 5.08. The number of hydrogen-bond donors (Lipinski definition) is 1. The summed E-state index contributed by atoms with van der Waals surface area (Å²) < 4.78 is 2.04. The predicted octanol–water partition coefficient (Wildman–Crippen LogP) is 4.57. The molecule has 7 heteroatoms.